The zero-order valence-electron chi connectivity index (χ0n) is 15.0. The molecule has 1 atom stereocenters. The smallest absolute Gasteiger partial charge is 0.215 e. The van der Waals surface area contributed by atoms with E-state index in [2.05, 4.69) is 33.9 Å². The molecule has 1 fully saturated rings. The second-order valence-corrected chi connectivity index (χ2v) is 8.71. The Kier molecular flexibility index (Phi) is 6.06. The van der Waals surface area contributed by atoms with Crippen LogP contribution < -0.4 is 4.72 Å². The molecule has 1 heterocycles. The Morgan fingerprint density at radius 3 is 2.27 bits per heavy atom. The van der Waals surface area contributed by atoms with Gasteiger partial charge in [-0.15, -0.1) is 0 Å². The number of hydrogen-bond donors (Lipinski definition) is 1. The van der Waals surface area contributed by atoms with Gasteiger partial charge in [0.1, 0.15) is 5.82 Å². The van der Waals surface area contributed by atoms with Crippen LogP contribution in [0.1, 0.15) is 35.6 Å². The van der Waals surface area contributed by atoms with Crippen LogP contribution in [-0.2, 0) is 15.8 Å². The van der Waals surface area contributed by atoms with Gasteiger partial charge in [-0.1, -0.05) is 42.0 Å². The quantitative estimate of drug-likeness (QED) is 0.806. The summed E-state index contributed by atoms with van der Waals surface area (Å²) in [6.45, 7) is 4.35. The number of halogens is 1. The number of nitrogens with one attached hydrogen (secondary N) is 1. The molecule has 4 nitrogen and oxygen atoms in total. The highest BCUT2D eigenvalue weighted by molar-refractivity contribution is 7.88. The molecule has 1 aliphatic rings. The van der Waals surface area contributed by atoms with Crippen molar-refractivity contribution in [3.63, 3.8) is 0 Å². The van der Waals surface area contributed by atoms with Crippen LogP contribution in [0.25, 0.3) is 0 Å². The van der Waals surface area contributed by atoms with Gasteiger partial charge in [0.2, 0.25) is 10.0 Å². The fourth-order valence-electron chi connectivity index (χ4n) is 3.36. The molecule has 140 valence electrons. The summed E-state index contributed by atoms with van der Waals surface area (Å²) in [5, 5.41) is 0. The van der Waals surface area contributed by atoms with Crippen LogP contribution in [0.15, 0.2) is 48.5 Å². The first-order valence-corrected chi connectivity index (χ1v) is 10.6. The summed E-state index contributed by atoms with van der Waals surface area (Å²) >= 11 is 0. The van der Waals surface area contributed by atoms with Crippen molar-refractivity contribution in [3.8, 4) is 0 Å². The third-order valence-electron chi connectivity index (χ3n) is 4.81. The average molecular weight is 376 g/mol. The largest absolute Gasteiger partial charge is 0.295 e. The SMILES string of the molecule is Cc1ccc(C(CNS(=O)(=O)Cc2ccc(F)cc2)N2CCCC2)cc1. The zero-order chi connectivity index (χ0) is 18.6. The van der Waals surface area contributed by atoms with Crippen molar-refractivity contribution in [1.29, 1.82) is 0 Å². The number of benzene rings is 2. The molecule has 1 aliphatic heterocycles. The Morgan fingerprint density at radius 2 is 1.65 bits per heavy atom. The maximum absolute atomic E-state index is 13.0. The van der Waals surface area contributed by atoms with E-state index < -0.39 is 10.0 Å². The molecule has 1 N–H and O–H groups in total. The summed E-state index contributed by atoms with van der Waals surface area (Å²) in [4.78, 5) is 2.34. The van der Waals surface area contributed by atoms with Crippen LogP contribution in [0.3, 0.4) is 0 Å². The summed E-state index contributed by atoms with van der Waals surface area (Å²) in [7, 11) is -3.49. The van der Waals surface area contributed by atoms with Crippen molar-refractivity contribution in [2.24, 2.45) is 0 Å². The molecule has 0 radical (unpaired) electrons. The van der Waals surface area contributed by atoms with Gasteiger partial charge in [0.15, 0.2) is 0 Å². The molecule has 6 heteroatoms. The van der Waals surface area contributed by atoms with E-state index in [0.29, 0.717) is 12.1 Å². The summed E-state index contributed by atoms with van der Waals surface area (Å²) in [5.74, 6) is -0.513. The molecular formula is C20H25FN2O2S. The fourth-order valence-corrected chi connectivity index (χ4v) is 4.50. The van der Waals surface area contributed by atoms with Gasteiger partial charge in [-0.25, -0.2) is 17.5 Å². The van der Waals surface area contributed by atoms with Crippen molar-refractivity contribution in [1.82, 2.24) is 9.62 Å². The Balaban J connectivity index is 1.70. The highest BCUT2D eigenvalue weighted by atomic mass is 32.2. The topological polar surface area (TPSA) is 49.4 Å². The van der Waals surface area contributed by atoms with Crippen molar-refractivity contribution >= 4 is 10.0 Å². The minimum Gasteiger partial charge on any atom is -0.295 e. The molecule has 0 aliphatic carbocycles. The first kappa shape index (κ1) is 19.0. The van der Waals surface area contributed by atoms with E-state index in [4.69, 9.17) is 0 Å². The minimum absolute atomic E-state index is 0.0288. The number of rotatable bonds is 7. The van der Waals surface area contributed by atoms with Crippen LogP contribution in [0.5, 0.6) is 0 Å². The highest BCUT2D eigenvalue weighted by Gasteiger charge is 2.25. The maximum Gasteiger partial charge on any atom is 0.215 e. The van der Waals surface area contributed by atoms with Crippen molar-refractivity contribution in [3.05, 3.63) is 71.0 Å². The summed E-state index contributed by atoms with van der Waals surface area (Å²) in [6, 6.07) is 13.9. The van der Waals surface area contributed by atoms with Gasteiger partial charge in [0, 0.05) is 12.6 Å². The predicted octanol–water partition coefficient (Wildman–Crippen LogP) is 3.39. The second kappa shape index (κ2) is 8.29. The van der Waals surface area contributed by atoms with Crippen LogP contribution in [0.2, 0.25) is 0 Å². The normalized spacial score (nSPS) is 16.7. The molecular weight excluding hydrogens is 351 g/mol. The van der Waals surface area contributed by atoms with Gasteiger partial charge in [0.25, 0.3) is 0 Å². The molecule has 1 unspecified atom stereocenters. The Labute approximate surface area is 155 Å². The van der Waals surface area contributed by atoms with Gasteiger partial charge in [-0.3, -0.25) is 4.90 Å². The number of nitrogens with zero attached hydrogens (tertiary/aromatic N) is 1. The third kappa shape index (κ3) is 5.13. The lowest BCUT2D eigenvalue weighted by Crippen LogP contribution is -2.37. The van der Waals surface area contributed by atoms with E-state index >= 15 is 0 Å². The summed E-state index contributed by atoms with van der Waals surface area (Å²) in [5.41, 5.74) is 2.89. The van der Waals surface area contributed by atoms with E-state index in [0.717, 1.165) is 31.5 Å². The highest BCUT2D eigenvalue weighted by Crippen LogP contribution is 2.25. The van der Waals surface area contributed by atoms with E-state index in [1.54, 1.807) is 0 Å². The summed E-state index contributed by atoms with van der Waals surface area (Å²) in [6.07, 6.45) is 2.29. The molecule has 0 bridgehead atoms. The van der Waals surface area contributed by atoms with E-state index in [9.17, 15) is 12.8 Å². The van der Waals surface area contributed by atoms with E-state index in [-0.39, 0.29) is 17.6 Å². The van der Waals surface area contributed by atoms with Crippen LogP contribution in [0.4, 0.5) is 4.39 Å². The molecule has 2 aromatic carbocycles. The summed E-state index contributed by atoms with van der Waals surface area (Å²) < 4.78 is 40.7. The Bertz CT molecular complexity index is 814. The first-order chi connectivity index (χ1) is 12.4. The number of hydrogen-bond acceptors (Lipinski definition) is 3. The van der Waals surface area contributed by atoms with Crippen LogP contribution in [0, 0.1) is 12.7 Å². The van der Waals surface area contributed by atoms with Gasteiger partial charge in [-0.2, -0.15) is 0 Å². The predicted molar refractivity (Wildman–Crippen MR) is 102 cm³/mol. The Morgan fingerprint density at radius 1 is 1.04 bits per heavy atom. The maximum atomic E-state index is 13.0. The number of likely N-dealkylation sites (tertiary alicyclic amines) is 1. The molecule has 0 saturated carbocycles. The molecule has 26 heavy (non-hydrogen) atoms. The Hall–Kier alpha value is -1.76. The van der Waals surface area contributed by atoms with Gasteiger partial charge >= 0.3 is 0 Å². The molecule has 0 amide bonds. The molecule has 0 spiro atoms. The fraction of sp³-hybridized carbons (Fsp3) is 0.400. The van der Waals surface area contributed by atoms with Gasteiger partial charge in [0.05, 0.1) is 5.75 Å². The zero-order valence-corrected chi connectivity index (χ0v) is 15.8. The van der Waals surface area contributed by atoms with Crippen LogP contribution in [-0.4, -0.2) is 33.0 Å². The monoisotopic (exact) mass is 376 g/mol. The van der Waals surface area contributed by atoms with Crippen molar-refractivity contribution in [2.45, 2.75) is 31.6 Å². The lowest BCUT2D eigenvalue weighted by molar-refractivity contribution is 0.246. The molecule has 1 saturated heterocycles. The van der Waals surface area contributed by atoms with Gasteiger partial charge < -0.3 is 0 Å². The van der Waals surface area contributed by atoms with E-state index in [1.807, 2.05) is 6.92 Å². The average Bonchev–Trinajstić information content (AvgIpc) is 3.13. The standard InChI is InChI=1S/C20H25FN2O2S/c1-16-4-8-18(9-5-16)20(23-12-2-3-13-23)14-22-26(24,25)15-17-6-10-19(21)11-7-17/h4-11,20,22H,2-3,12-15H2,1H3. The molecule has 2 aromatic rings. The van der Waals surface area contributed by atoms with Gasteiger partial charge in [-0.05, 0) is 56.1 Å². The molecule has 0 aromatic heterocycles. The third-order valence-corrected chi connectivity index (χ3v) is 6.13. The second-order valence-electron chi connectivity index (χ2n) is 6.90. The lowest BCUT2D eigenvalue weighted by Gasteiger charge is -2.28. The molecule has 3 rings (SSSR count). The van der Waals surface area contributed by atoms with Crippen LogP contribution >= 0.6 is 0 Å². The number of sulfonamides is 1. The first-order valence-electron chi connectivity index (χ1n) is 8.95. The number of aryl methyl sites for hydroxylation is 1. The van der Waals surface area contributed by atoms with Crippen molar-refractivity contribution < 1.29 is 12.8 Å². The minimum atomic E-state index is -3.49. The van der Waals surface area contributed by atoms with Crippen molar-refractivity contribution in [2.75, 3.05) is 19.6 Å². The van der Waals surface area contributed by atoms with E-state index in [1.165, 1.54) is 29.8 Å². The lowest BCUT2D eigenvalue weighted by atomic mass is 10.0.